The van der Waals surface area contributed by atoms with Crippen LogP contribution >= 0.6 is 0 Å². The lowest BCUT2D eigenvalue weighted by Crippen LogP contribution is -2.18. The van der Waals surface area contributed by atoms with Crippen molar-refractivity contribution in [2.75, 3.05) is 13.7 Å². The molecular weight excluding hydrogens is 360 g/mol. The summed E-state index contributed by atoms with van der Waals surface area (Å²) in [7, 11) is 1.59. The molecular formula is C21H20N2O5. The molecule has 2 aromatic carbocycles. The lowest BCUT2D eigenvalue weighted by molar-refractivity contribution is 0.0461. The number of aryl methyl sites for hydroxylation is 2. The van der Waals surface area contributed by atoms with Gasteiger partial charge in [0, 0.05) is 17.5 Å². The Balaban J connectivity index is 1.42. The quantitative estimate of drug-likeness (QED) is 0.408. The molecule has 2 aromatic heterocycles. The van der Waals surface area contributed by atoms with Gasteiger partial charge in [-0.3, -0.25) is 4.57 Å². The van der Waals surface area contributed by atoms with Crippen molar-refractivity contribution in [3.05, 3.63) is 64.3 Å². The Hall–Kier alpha value is -3.48. The molecule has 144 valence electrons. The van der Waals surface area contributed by atoms with Crippen LogP contribution in [0, 0.1) is 6.92 Å². The van der Waals surface area contributed by atoms with Gasteiger partial charge in [-0.15, -0.1) is 0 Å². The van der Waals surface area contributed by atoms with Crippen molar-refractivity contribution < 1.29 is 18.7 Å². The minimum absolute atomic E-state index is 0.172. The third kappa shape index (κ3) is 3.15. The van der Waals surface area contributed by atoms with E-state index in [9.17, 15) is 9.59 Å². The van der Waals surface area contributed by atoms with Gasteiger partial charge < -0.3 is 18.9 Å². The molecule has 0 spiro atoms. The van der Waals surface area contributed by atoms with Crippen LogP contribution in [0.15, 0.2) is 51.7 Å². The number of nitrogens with one attached hydrogen (secondary N) is 1. The van der Waals surface area contributed by atoms with E-state index in [1.165, 1.54) is 0 Å². The topological polar surface area (TPSA) is 86.5 Å². The molecule has 0 saturated carbocycles. The van der Waals surface area contributed by atoms with Gasteiger partial charge in [-0.25, -0.2) is 9.59 Å². The molecule has 0 aliphatic rings. The highest BCUT2D eigenvalue weighted by atomic mass is 16.5. The van der Waals surface area contributed by atoms with Crippen LogP contribution in [0.2, 0.25) is 0 Å². The van der Waals surface area contributed by atoms with Gasteiger partial charge in [0.05, 0.1) is 24.8 Å². The summed E-state index contributed by atoms with van der Waals surface area (Å²) < 4.78 is 17.9. The number of fused-ring (bicyclic) bond motifs is 2. The Morgan fingerprint density at radius 3 is 2.86 bits per heavy atom. The van der Waals surface area contributed by atoms with E-state index in [1.807, 2.05) is 37.3 Å². The van der Waals surface area contributed by atoms with E-state index < -0.39 is 5.97 Å². The van der Waals surface area contributed by atoms with Crippen LogP contribution in [0.3, 0.4) is 0 Å². The van der Waals surface area contributed by atoms with Crippen LogP contribution in [0.4, 0.5) is 0 Å². The largest absolute Gasteiger partial charge is 0.497 e. The number of hydrogen-bond acceptors (Lipinski definition) is 5. The molecule has 0 aliphatic carbocycles. The number of imidazole rings is 1. The Bertz CT molecular complexity index is 1210. The number of furan rings is 1. The Morgan fingerprint density at radius 1 is 1.21 bits per heavy atom. The van der Waals surface area contributed by atoms with Crippen LogP contribution in [0.1, 0.15) is 22.5 Å². The van der Waals surface area contributed by atoms with Crippen molar-refractivity contribution in [1.29, 1.82) is 0 Å². The molecule has 2 heterocycles. The van der Waals surface area contributed by atoms with Gasteiger partial charge in [0.2, 0.25) is 5.76 Å². The van der Waals surface area contributed by atoms with Gasteiger partial charge >= 0.3 is 11.7 Å². The molecule has 7 nitrogen and oxygen atoms in total. The van der Waals surface area contributed by atoms with Crippen molar-refractivity contribution >= 4 is 28.0 Å². The summed E-state index contributed by atoms with van der Waals surface area (Å²) in [6.45, 7) is 2.45. The number of rotatable bonds is 6. The molecule has 0 saturated heterocycles. The van der Waals surface area contributed by atoms with Gasteiger partial charge in [0.15, 0.2) is 0 Å². The van der Waals surface area contributed by atoms with E-state index in [0.29, 0.717) is 29.9 Å². The standard InChI is InChI=1S/C21H20N2O5/c1-13-15-12-14(26-2)8-9-18(15)28-19(13)20(24)27-11-5-10-23-17-7-4-3-6-16(17)22-21(23)25/h3-4,6-9,12H,5,10-11H2,1-2H3,(H,22,25). The van der Waals surface area contributed by atoms with E-state index in [4.69, 9.17) is 13.9 Å². The number of methoxy groups -OCH3 is 1. The van der Waals surface area contributed by atoms with Crippen molar-refractivity contribution in [2.45, 2.75) is 19.9 Å². The van der Waals surface area contributed by atoms with Crippen LogP contribution < -0.4 is 10.4 Å². The number of H-pyrrole nitrogens is 1. The van der Waals surface area contributed by atoms with Gasteiger partial charge in [0.1, 0.15) is 11.3 Å². The number of hydrogen-bond donors (Lipinski definition) is 1. The lowest BCUT2D eigenvalue weighted by atomic mass is 10.1. The first-order valence-corrected chi connectivity index (χ1v) is 9.00. The number of benzene rings is 2. The molecule has 4 rings (SSSR count). The van der Waals surface area contributed by atoms with E-state index in [-0.39, 0.29) is 18.1 Å². The normalized spacial score (nSPS) is 11.2. The highest BCUT2D eigenvalue weighted by molar-refractivity contribution is 5.96. The molecule has 0 amide bonds. The molecule has 0 radical (unpaired) electrons. The summed E-state index contributed by atoms with van der Waals surface area (Å²) >= 11 is 0. The van der Waals surface area contributed by atoms with Gasteiger partial charge in [0.25, 0.3) is 0 Å². The number of para-hydroxylation sites is 2. The van der Waals surface area contributed by atoms with E-state index in [2.05, 4.69) is 4.98 Å². The number of aromatic amines is 1. The molecule has 0 bridgehead atoms. The fourth-order valence-corrected chi connectivity index (χ4v) is 3.30. The third-order valence-electron chi connectivity index (χ3n) is 4.77. The smallest absolute Gasteiger partial charge is 0.374 e. The molecule has 1 N–H and O–H groups in total. The second kappa shape index (κ2) is 7.26. The second-order valence-corrected chi connectivity index (χ2v) is 6.51. The van der Waals surface area contributed by atoms with Crippen molar-refractivity contribution in [3.63, 3.8) is 0 Å². The Morgan fingerprint density at radius 2 is 2.04 bits per heavy atom. The van der Waals surface area contributed by atoms with Crippen molar-refractivity contribution in [2.24, 2.45) is 0 Å². The zero-order valence-corrected chi connectivity index (χ0v) is 15.7. The zero-order chi connectivity index (χ0) is 19.7. The van der Waals surface area contributed by atoms with Crippen molar-refractivity contribution in [3.8, 4) is 5.75 Å². The summed E-state index contributed by atoms with van der Waals surface area (Å²) in [5.41, 5.74) is 2.77. The maximum Gasteiger partial charge on any atom is 0.374 e. The number of aromatic nitrogens is 2. The highest BCUT2D eigenvalue weighted by Crippen LogP contribution is 2.29. The molecule has 0 aliphatic heterocycles. The average molecular weight is 380 g/mol. The number of carbonyl (C=O) groups excluding carboxylic acids is 1. The molecule has 0 unspecified atom stereocenters. The molecule has 0 atom stereocenters. The molecule has 7 heteroatoms. The van der Waals surface area contributed by atoms with E-state index >= 15 is 0 Å². The Labute approximate surface area is 160 Å². The number of carbonyl (C=O) groups is 1. The molecule has 0 fully saturated rings. The van der Waals surface area contributed by atoms with Crippen LogP contribution in [0.5, 0.6) is 5.75 Å². The summed E-state index contributed by atoms with van der Waals surface area (Å²) in [4.78, 5) is 27.3. The van der Waals surface area contributed by atoms with Crippen molar-refractivity contribution in [1.82, 2.24) is 9.55 Å². The summed E-state index contributed by atoms with van der Waals surface area (Å²) in [5, 5.41) is 0.816. The first-order valence-electron chi connectivity index (χ1n) is 9.00. The first kappa shape index (κ1) is 17.9. The fourth-order valence-electron chi connectivity index (χ4n) is 3.30. The SMILES string of the molecule is COc1ccc2oc(C(=O)OCCCn3c(=O)[nH]c4ccccc43)c(C)c2c1. The van der Waals surface area contributed by atoms with Gasteiger partial charge in [-0.05, 0) is 43.7 Å². The number of nitrogens with zero attached hydrogens (tertiary/aromatic N) is 1. The highest BCUT2D eigenvalue weighted by Gasteiger charge is 2.19. The van der Waals surface area contributed by atoms with Crippen LogP contribution in [-0.2, 0) is 11.3 Å². The van der Waals surface area contributed by atoms with E-state index in [1.54, 1.807) is 23.8 Å². The second-order valence-electron chi connectivity index (χ2n) is 6.51. The summed E-state index contributed by atoms with van der Waals surface area (Å²) in [6.07, 6.45) is 0.514. The van der Waals surface area contributed by atoms with Crippen LogP contribution in [0.25, 0.3) is 22.0 Å². The van der Waals surface area contributed by atoms with Gasteiger partial charge in [-0.2, -0.15) is 0 Å². The molecule has 4 aromatic rings. The minimum atomic E-state index is -0.515. The van der Waals surface area contributed by atoms with Crippen LogP contribution in [-0.4, -0.2) is 29.2 Å². The zero-order valence-electron chi connectivity index (χ0n) is 15.7. The average Bonchev–Trinajstić information content (AvgIpc) is 3.21. The predicted octanol–water partition coefficient (Wildman–Crippen LogP) is 3.64. The molecule has 28 heavy (non-hydrogen) atoms. The lowest BCUT2D eigenvalue weighted by Gasteiger charge is -2.05. The van der Waals surface area contributed by atoms with Gasteiger partial charge in [-0.1, -0.05) is 12.1 Å². The predicted molar refractivity (Wildman–Crippen MR) is 105 cm³/mol. The monoisotopic (exact) mass is 380 g/mol. The number of ether oxygens (including phenoxy) is 2. The summed E-state index contributed by atoms with van der Waals surface area (Å²) in [5.74, 6) is 0.368. The number of esters is 1. The Kier molecular flexibility index (Phi) is 4.65. The third-order valence-corrected chi connectivity index (χ3v) is 4.77. The summed E-state index contributed by atoms with van der Waals surface area (Å²) in [6, 6.07) is 12.9. The minimum Gasteiger partial charge on any atom is -0.497 e. The fraction of sp³-hybridized carbons (Fsp3) is 0.238. The van der Waals surface area contributed by atoms with E-state index in [0.717, 1.165) is 16.4 Å². The maximum atomic E-state index is 12.4. The maximum absolute atomic E-state index is 12.4. The first-order chi connectivity index (χ1) is 13.6.